The summed E-state index contributed by atoms with van der Waals surface area (Å²) in [6.45, 7) is 2.06. The summed E-state index contributed by atoms with van der Waals surface area (Å²) in [5.41, 5.74) is 11.1. The average Bonchev–Trinajstić information content (AvgIpc) is 3.11. The fraction of sp³-hybridized carbons (Fsp3) is 0.292. The Bertz CT molecular complexity index is 1180. The summed E-state index contributed by atoms with van der Waals surface area (Å²) in [6, 6.07) is 18.7. The van der Waals surface area contributed by atoms with Crippen LogP contribution in [0.25, 0.3) is 28.0 Å². The molecule has 3 N–H and O–H groups in total. The van der Waals surface area contributed by atoms with Gasteiger partial charge in [0.25, 0.3) is 0 Å². The van der Waals surface area contributed by atoms with Gasteiger partial charge in [0.05, 0.1) is 16.8 Å². The van der Waals surface area contributed by atoms with Gasteiger partial charge < -0.3 is 11.1 Å². The maximum Gasteiger partial charge on any atom is 0.225 e. The number of anilines is 2. The van der Waals surface area contributed by atoms with Crippen LogP contribution in [0, 0.1) is 6.92 Å². The van der Waals surface area contributed by atoms with E-state index in [1.807, 2.05) is 30.3 Å². The summed E-state index contributed by atoms with van der Waals surface area (Å²) in [5, 5.41) is 9.10. The minimum atomic E-state index is 0.413. The van der Waals surface area contributed by atoms with Crippen molar-refractivity contribution in [2.75, 3.05) is 11.1 Å². The fourth-order valence-corrected chi connectivity index (χ4v) is 4.27. The van der Waals surface area contributed by atoms with Gasteiger partial charge in [0.1, 0.15) is 5.82 Å². The molecule has 6 nitrogen and oxygen atoms in total. The van der Waals surface area contributed by atoms with Crippen molar-refractivity contribution < 1.29 is 0 Å². The van der Waals surface area contributed by atoms with E-state index in [4.69, 9.17) is 20.8 Å². The number of hydrogen-bond donors (Lipinski definition) is 2. The van der Waals surface area contributed by atoms with Gasteiger partial charge in [-0.05, 0) is 37.5 Å². The molecule has 30 heavy (non-hydrogen) atoms. The summed E-state index contributed by atoms with van der Waals surface area (Å²) in [7, 11) is 0. The second-order valence-corrected chi connectivity index (χ2v) is 8.08. The lowest BCUT2D eigenvalue weighted by molar-refractivity contribution is 0.461. The van der Waals surface area contributed by atoms with Crippen LogP contribution < -0.4 is 11.1 Å². The molecular weight excluding hydrogens is 372 g/mol. The van der Waals surface area contributed by atoms with Crippen molar-refractivity contribution in [1.82, 2.24) is 19.7 Å². The second kappa shape index (κ2) is 7.78. The van der Waals surface area contributed by atoms with Crippen LogP contribution in [-0.2, 0) is 0 Å². The quantitative estimate of drug-likeness (QED) is 0.499. The number of rotatable bonds is 4. The van der Waals surface area contributed by atoms with Crippen LogP contribution >= 0.6 is 0 Å². The second-order valence-electron chi connectivity index (χ2n) is 8.08. The Morgan fingerprint density at radius 2 is 1.77 bits per heavy atom. The third kappa shape index (κ3) is 3.49. The number of aryl methyl sites for hydroxylation is 1. The van der Waals surface area contributed by atoms with E-state index >= 15 is 0 Å². The number of hydrogen-bond acceptors (Lipinski definition) is 5. The minimum absolute atomic E-state index is 0.413. The Hall–Kier alpha value is -3.41. The van der Waals surface area contributed by atoms with Crippen molar-refractivity contribution in [3.63, 3.8) is 0 Å². The Kier molecular flexibility index (Phi) is 4.83. The van der Waals surface area contributed by atoms with E-state index in [2.05, 4.69) is 36.5 Å². The first kappa shape index (κ1) is 18.6. The number of fused-ring (bicyclic) bond motifs is 1. The molecular formula is C24H26N6. The lowest BCUT2D eigenvalue weighted by Crippen LogP contribution is -2.23. The number of nitrogen functional groups attached to an aromatic ring is 1. The van der Waals surface area contributed by atoms with Gasteiger partial charge in [-0.1, -0.05) is 61.7 Å². The zero-order valence-corrected chi connectivity index (χ0v) is 17.2. The molecule has 0 unspecified atom stereocenters. The first-order valence-corrected chi connectivity index (χ1v) is 10.6. The van der Waals surface area contributed by atoms with Crippen molar-refractivity contribution in [3.8, 4) is 16.9 Å². The molecule has 0 radical (unpaired) electrons. The molecule has 4 aromatic rings. The Balaban J connectivity index is 1.67. The minimum Gasteiger partial charge on any atom is -0.383 e. The molecule has 0 saturated heterocycles. The van der Waals surface area contributed by atoms with Crippen molar-refractivity contribution in [2.24, 2.45) is 0 Å². The van der Waals surface area contributed by atoms with Gasteiger partial charge >= 0.3 is 0 Å². The van der Waals surface area contributed by atoms with Crippen LogP contribution in [0.1, 0.15) is 37.7 Å². The molecule has 1 aliphatic carbocycles. The van der Waals surface area contributed by atoms with Crippen LogP contribution in [0.2, 0.25) is 0 Å². The molecule has 2 heterocycles. The number of nitrogens with one attached hydrogen (secondary N) is 1. The number of aromatic nitrogens is 4. The number of nitrogens with zero attached hydrogens (tertiary/aromatic N) is 4. The smallest absolute Gasteiger partial charge is 0.225 e. The van der Waals surface area contributed by atoms with Crippen LogP contribution in [-0.4, -0.2) is 25.8 Å². The van der Waals surface area contributed by atoms with Crippen molar-refractivity contribution >= 4 is 22.8 Å². The highest BCUT2D eigenvalue weighted by molar-refractivity contribution is 5.99. The van der Waals surface area contributed by atoms with Gasteiger partial charge in [0.2, 0.25) is 5.95 Å². The van der Waals surface area contributed by atoms with E-state index < -0.39 is 0 Å². The largest absolute Gasteiger partial charge is 0.383 e. The molecule has 0 atom stereocenters. The zero-order valence-electron chi connectivity index (χ0n) is 17.2. The van der Waals surface area contributed by atoms with E-state index in [-0.39, 0.29) is 0 Å². The highest BCUT2D eigenvalue weighted by Gasteiger charge is 2.21. The topological polar surface area (TPSA) is 81.7 Å². The third-order valence-electron chi connectivity index (χ3n) is 5.80. The molecule has 6 heteroatoms. The average molecular weight is 399 g/mol. The first-order valence-electron chi connectivity index (χ1n) is 10.6. The zero-order chi connectivity index (χ0) is 20.5. The molecule has 0 amide bonds. The Labute approximate surface area is 176 Å². The van der Waals surface area contributed by atoms with Crippen LogP contribution in [0.15, 0.2) is 54.6 Å². The molecule has 5 rings (SSSR count). The molecule has 1 fully saturated rings. The first-order chi connectivity index (χ1) is 14.7. The Morgan fingerprint density at radius 3 is 2.53 bits per heavy atom. The maximum atomic E-state index is 6.59. The molecule has 0 bridgehead atoms. The fourth-order valence-electron chi connectivity index (χ4n) is 4.27. The maximum absolute atomic E-state index is 6.59. The van der Waals surface area contributed by atoms with Gasteiger partial charge in [0.15, 0.2) is 5.65 Å². The van der Waals surface area contributed by atoms with E-state index in [1.54, 1.807) is 4.68 Å². The lowest BCUT2D eigenvalue weighted by Gasteiger charge is -2.22. The third-order valence-corrected chi connectivity index (χ3v) is 5.80. The van der Waals surface area contributed by atoms with Crippen molar-refractivity contribution in [2.45, 2.75) is 45.1 Å². The predicted molar refractivity (Wildman–Crippen MR) is 122 cm³/mol. The van der Waals surface area contributed by atoms with Crippen LogP contribution in [0.5, 0.6) is 0 Å². The van der Waals surface area contributed by atoms with Gasteiger partial charge in [-0.15, -0.1) is 5.10 Å². The molecule has 152 valence electrons. The molecule has 1 aliphatic rings. The summed E-state index contributed by atoms with van der Waals surface area (Å²) >= 11 is 0. The highest BCUT2D eigenvalue weighted by Crippen LogP contribution is 2.33. The van der Waals surface area contributed by atoms with Crippen LogP contribution in [0.4, 0.5) is 11.8 Å². The van der Waals surface area contributed by atoms with E-state index in [1.165, 1.54) is 19.3 Å². The van der Waals surface area contributed by atoms with Crippen molar-refractivity contribution in [1.29, 1.82) is 0 Å². The van der Waals surface area contributed by atoms with Gasteiger partial charge in [-0.25, -0.2) is 9.67 Å². The number of nitrogens with two attached hydrogens (primary N) is 1. The summed E-state index contributed by atoms with van der Waals surface area (Å²) in [4.78, 5) is 9.65. The predicted octanol–water partition coefficient (Wildman–Crippen LogP) is 5.12. The van der Waals surface area contributed by atoms with Gasteiger partial charge in [0, 0.05) is 11.6 Å². The lowest BCUT2D eigenvalue weighted by atomic mass is 9.96. The molecule has 0 spiro atoms. The molecule has 2 aromatic heterocycles. The monoisotopic (exact) mass is 398 g/mol. The van der Waals surface area contributed by atoms with Gasteiger partial charge in [-0.3, -0.25) is 0 Å². The van der Waals surface area contributed by atoms with E-state index in [0.717, 1.165) is 40.7 Å². The summed E-state index contributed by atoms with van der Waals surface area (Å²) in [5.74, 6) is 1.18. The number of benzene rings is 2. The normalized spacial score (nSPS) is 14.8. The molecule has 0 aliphatic heterocycles. The summed E-state index contributed by atoms with van der Waals surface area (Å²) in [6.07, 6.45) is 6.12. The van der Waals surface area contributed by atoms with E-state index in [0.29, 0.717) is 23.5 Å². The van der Waals surface area contributed by atoms with Crippen LogP contribution in [0.3, 0.4) is 0 Å². The van der Waals surface area contributed by atoms with Gasteiger partial charge in [-0.2, -0.15) is 4.98 Å². The Morgan fingerprint density at radius 1 is 0.967 bits per heavy atom. The SMILES string of the molecule is Cc1cccc(-n2nc3nc(NC4CCCCC4)nc(-c4ccccc4)c3c2N)c1. The van der Waals surface area contributed by atoms with Crippen molar-refractivity contribution in [3.05, 3.63) is 60.2 Å². The van der Waals surface area contributed by atoms with E-state index in [9.17, 15) is 0 Å². The standard InChI is InChI=1S/C24H26N6/c1-16-9-8-14-19(15-16)30-22(25)20-21(17-10-4-2-5-11-17)27-24(28-23(20)29-30)26-18-12-6-3-7-13-18/h2,4-5,8-11,14-15,18H,3,6-7,12-13,25H2,1H3,(H,26,28,29). The molecule has 1 saturated carbocycles. The summed E-state index contributed by atoms with van der Waals surface area (Å²) < 4.78 is 1.77. The molecule has 2 aromatic carbocycles. The highest BCUT2D eigenvalue weighted by atomic mass is 15.3.